The van der Waals surface area contributed by atoms with E-state index in [9.17, 15) is 9.59 Å². The molecule has 250 valence electrons. The molecule has 3 aliphatic heterocycles. The van der Waals surface area contributed by atoms with Gasteiger partial charge in [0.15, 0.2) is 5.54 Å². The van der Waals surface area contributed by atoms with E-state index in [0.29, 0.717) is 41.4 Å². The minimum Gasteiger partial charge on any atom is -0.462 e. The van der Waals surface area contributed by atoms with Gasteiger partial charge in [-0.2, -0.15) is 0 Å². The molecule has 0 bridgehead atoms. The van der Waals surface area contributed by atoms with Crippen LogP contribution in [0.15, 0.2) is 54.6 Å². The van der Waals surface area contributed by atoms with Crippen molar-refractivity contribution >= 4 is 34.3 Å². The number of allylic oxidation sites excluding steroid dienone is 2. The summed E-state index contributed by atoms with van der Waals surface area (Å²) in [6.45, 7) is 17.6. The fraction of sp³-hybridized carbons (Fsp3) is 0.390. The molecular formula is C41H47N2O5+. The van der Waals surface area contributed by atoms with Gasteiger partial charge in [0.2, 0.25) is 5.36 Å². The number of rotatable bonds is 9. The molecule has 7 nitrogen and oxygen atoms in total. The predicted molar refractivity (Wildman–Crippen MR) is 190 cm³/mol. The number of ether oxygens (including phenoxy) is 3. The molecule has 0 atom stereocenters. The highest BCUT2D eigenvalue weighted by molar-refractivity contribution is 6.02. The minimum absolute atomic E-state index is 0.231. The minimum atomic E-state index is -0.429. The Bertz CT molecular complexity index is 2010. The van der Waals surface area contributed by atoms with Gasteiger partial charge in [-0.15, -0.1) is 0 Å². The maximum atomic E-state index is 13.8. The van der Waals surface area contributed by atoms with Crippen molar-refractivity contribution in [1.29, 1.82) is 0 Å². The number of hydrogen-bond donors (Lipinski definition) is 2. The number of esters is 2. The van der Waals surface area contributed by atoms with Gasteiger partial charge in [0.1, 0.15) is 11.5 Å². The van der Waals surface area contributed by atoms with Crippen molar-refractivity contribution in [2.75, 3.05) is 18.5 Å². The first-order valence-corrected chi connectivity index (χ1v) is 17.2. The molecule has 0 aromatic heterocycles. The van der Waals surface area contributed by atoms with E-state index < -0.39 is 11.9 Å². The van der Waals surface area contributed by atoms with Gasteiger partial charge in [0.05, 0.1) is 35.9 Å². The van der Waals surface area contributed by atoms with Gasteiger partial charge in [0.25, 0.3) is 0 Å². The predicted octanol–water partition coefficient (Wildman–Crippen LogP) is 6.46. The molecule has 3 aliphatic rings. The lowest BCUT2D eigenvalue weighted by atomic mass is 9.84. The third kappa shape index (κ3) is 6.43. The Morgan fingerprint density at radius 3 is 2.17 bits per heavy atom. The van der Waals surface area contributed by atoms with Gasteiger partial charge in [-0.3, -0.25) is 0 Å². The van der Waals surface area contributed by atoms with E-state index in [-0.39, 0.29) is 11.1 Å². The summed E-state index contributed by atoms with van der Waals surface area (Å²) in [5.41, 5.74) is 7.91. The average molecular weight is 648 g/mol. The summed E-state index contributed by atoms with van der Waals surface area (Å²) in [5, 5.41) is 5.46. The van der Waals surface area contributed by atoms with Crippen molar-refractivity contribution in [2.45, 2.75) is 92.2 Å². The lowest BCUT2D eigenvalue weighted by Gasteiger charge is -2.33. The van der Waals surface area contributed by atoms with Crippen LogP contribution >= 0.6 is 0 Å². The van der Waals surface area contributed by atoms with Crippen molar-refractivity contribution < 1.29 is 28.8 Å². The van der Waals surface area contributed by atoms with Gasteiger partial charge in [-0.1, -0.05) is 32.8 Å². The zero-order valence-corrected chi connectivity index (χ0v) is 29.5. The lowest BCUT2D eigenvalue weighted by Crippen LogP contribution is -2.89. The summed E-state index contributed by atoms with van der Waals surface area (Å²) in [6.07, 6.45) is 7.81. The highest BCUT2D eigenvalue weighted by Crippen LogP contribution is 2.44. The standard InChI is InChI=1S/C41H46N2O5/c1-9-11-15-46-38(44)26-13-14-27(39(45)47-16-12-10-2)30(17-26)37-31-18-28-24(3)22-40(5,6)42-33(28)20-35(31)48-36-21-34-29(19-32(36)37)25(4)23-41(7,8)43-34/h13-14,17-23,42H,9-12,15-16H2,1-8H3/p+1. The topological polar surface area (TPSA) is 87.8 Å². The van der Waals surface area contributed by atoms with Gasteiger partial charge in [0, 0.05) is 53.1 Å². The van der Waals surface area contributed by atoms with Crippen LogP contribution in [0.5, 0.6) is 11.5 Å². The van der Waals surface area contributed by atoms with Gasteiger partial charge < -0.3 is 19.5 Å². The molecule has 3 heterocycles. The molecule has 0 spiro atoms. The Labute approximate surface area is 283 Å². The van der Waals surface area contributed by atoms with Gasteiger partial charge in [-0.25, -0.2) is 14.6 Å². The maximum absolute atomic E-state index is 13.8. The molecule has 7 heteroatoms. The number of hydrogen-bond acceptors (Lipinski definition) is 6. The Morgan fingerprint density at radius 2 is 1.46 bits per heavy atom. The maximum Gasteiger partial charge on any atom is 0.338 e. The first-order chi connectivity index (χ1) is 22.8. The first kappa shape index (κ1) is 33.3. The Balaban J connectivity index is 1.67. The molecule has 6 rings (SSSR count). The number of anilines is 1. The van der Waals surface area contributed by atoms with E-state index in [1.54, 1.807) is 18.2 Å². The second kappa shape index (κ2) is 12.8. The van der Waals surface area contributed by atoms with Gasteiger partial charge >= 0.3 is 11.9 Å². The number of nitrogens with one attached hydrogen (secondary N) is 2. The van der Waals surface area contributed by atoms with Crippen LogP contribution in [-0.2, 0) is 9.47 Å². The smallest absolute Gasteiger partial charge is 0.338 e. The second-order valence-corrected chi connectivity index (χ2v) is 14.4. The molecular weight excluding hydrogens is 600 g/mol. The van der Waals surface area contributed by atoms with Crippen molar-refractivity contribution in [3.63, 3.8) is 0 Å². The molecule has 0 unspecified atom stereocenters. The van der Waals surface area contributed by atoms with E-state index in [0.717, 1.165) is 75.4 Å². The number of carbonyl (C=O) groups is 2. The summed E-state index contributed by atoms with van der Waals surface area (Å²) in [4.78, 5) is 30.8. The van der Waals surface area contributed by atoms with Crippen LogP contribution in [0.3, 0.4) is 0 Å². The molecule has 0 saturated heterocycles. The number of fused-ring (bicyclic) bond motifs is 4. The summed E-state index contributed by atoms with van der Waals surface area (Å²) in [7, 11) is 0. The van der Waals surface area contributed by atoms with Crippen molar-refractivity contribution in [3.8, 4) is 11.5 Å². The van der Waals surface area contributed by atoms with Crippen LogP contribution in [0.25, 0.3) is 16.7 Å². The third-order valence-corrected chi connectivity index (χ3v) is 9.12. The molecule has 0 saturated carbocycles. The van der Waals surface area contributed by atoms with Crippen molar-refractivity contribution in [3.05, 3.63) is 98.6 Å². The van der Waals surface area contributed by atoms with Gasteiger partial charge in [-0.05, 0) is 93.7 Å². The quantitative estimate of drug-likeness (QED) is 0.160. The fourth-order valence-electron chi connectivity index (χ4n) is 6.97. The van der Waals surface area contributed by atoms with Crippen molar-refractivity contribution in [2.24, 2.45) is 0 Å². The monoisotopic (exact) mass is 647 g/mol. The Morgan fingerprint density at radius 1 is 0.771 bits per heavy atom. The van der Waals surface area contributed by atoms with Crippen LogP contribution in [0.1, 0.15) is 124 Å². The first-order valence-electron chi connectivity index (χ1n) is 17.2. The molecule has 48 heavy (non-hydrogen) atoms. The molecule has 3 aromatic rings. The Kier molecular flexibility index (Phi) is 8.84. The number of unbranched alkanes of at least 4 members (excludes halogenated alkanes) is 2. The molecule has 0 radical (unpaired) electrons. The zero-order chi connectivity index (χ0) is 34.4. The highest BCUT2D eigenvalue weighted by atomic mass is 16.5. The summed E-state index contributed by atoms with van der Waals surface area (Å²) < 4.78 is 18.1. The third-order valence-electron chi connectivity index (χ3n) is 9.12. The highest BCUT2D eigenvalue weighted by Gasteiger charge is 2.32. The number of benzene rings is 3. The normalized spacial score (nSPS) is 16.4. The van der Waals surface area contributed by atoms with E-state index in [2.05, 4.69) is 102 Å². The van der Waals surface area contributed by atoms with Crippen molar-refractivity contribution in [1.82, 2.24) is 0 Å². The molecule has 0 aliphatic carbocycles. The van der Waals surface area contributed by atoms with E-state index >= 15 is 0 Å². The van der Waals surface area contributed by atoms with Crippen LogP contribution in [0, 0.1) is 0 Å². The zero-order valence-electron chi connectivity index (χ0n) is 29.5. The second-order valence-electron chi connectivity index (χ2n) is 14.4. The molecule has 0 fully saturated rings. The Hall–Kier alpha value is -4.65. The summed E-state index contributed by atoms with van der Waals surface area (Å²) in [6, 6.07) is 13.5. The van der Waals surface area contributed by atoms with Crippen LogP contribution in [0.2, 0.25) is 0 Å². The fourth-order valence-corrected chi connectivity index (χ4v) is 6.97. The summed E-state index contributed by atoms with van der Waals surface area (Å²) in [5.74, 6) is 0.479. The molecule has 2 N–H and O–H groups in total. The van der Waals surface area contributed by atoms with Crippen LogP contribution < -0.4 is 25.6 Å². The number of carbonyl (C=O) groups excluding carboxylic acids is 2. The summed E-state index contributed by atoms with van der Waals surface area (Å²) >= 11 is 0. The van der Waals surface area contributed by atoms with E-state index in [4.69, 9.17) is 14.2 Å². The van der Waals surface area contributed by atoms with Crippen LogP contribution in [0.4, 0.5) is 5.69 Å². The SMILES string of the molecule is CCCCOC(=O)c1ccc(C(=O)OCCCC)c(C2=c3cc4c(cc3Oc3cc5c(cc32)C(C)=CC(C)(C)N5)=[NH+]C(C)(C)C=C4C)c1. The molecule has 3 aromatic carbocycles. The van der Waals surface area contributed by atoms with Crippen LogP contribution in [-0.4, -0.2) is 36.2 Å². The lowest BCUT2D eigenvalue weighted by molar-refractivity contribution is -0.568. The molecule has 0 amide bonds. The van der Waals surface area contributed by atoms with E-state index in [1.165, 1.54) is 0 Å². The largest absolute Gasteiger partial charge is 0.462 e. The average Bonchev–Trinajstić information content (AvgIpc) is 3.01. The van der Waals surface area contributed by atoms with E-state index in [1.807, 2.05) is 0 Å².